The average Bonchev–Trinajstić information content (AvgIpc) is 1.65. The minimum atomic E-state index is -0.125. The van der Waals surface area contributed by atoms with Crippen LogP contribution in [0.2, 0.25) is 0 Å². The molecule has 15 heteroatoms. The molecular weight excluding hydrogens is 2020 g/mol. The number of furan rings is 3. The van der Waals surface area contributed by atoms with Gasteiger partial charge >= 0.3 is 0 Å². The SMILES string of the molecule is CC(=O)C=C(C)O.CC(=O)C=C(C)O.CC(=O)C=C(C)O.Cc1[c-]c(-c2ccc3cc(-c4cc(C(C)C)cc(C(C)C)c4)oc3n2)cc(C(C)(C)C)c1.Cc1[c-]c(-c2ccc3cc(-c4ccc(-c5c(C)cccc5C)cc4)oc3n2)cc(C(C)(C)C)c1.Cc1[c-]c(-c2ccc3cc(-c4ccc(C(C)(C)C)cc4)oc3n2)cc(C(C)(C)C)c1.[Ir].[Ir].[Ir]. The third kappa shape index (κ3) is 29.0. The van der Waals surface area contributed by atoms with Crippen LogP contribution in [0.25, 0.3) is 112 Å². The van der Waals surface area contributed by atoms with Gasteiger partial charge in [0, 0.05) is 111 Å². The maximum atomic E-state index is 10.0. The standard InChI is InChI=1S/C32H30NO.C30H34NO.C28H30NO.3C5H8O2.3Ir/c1-20-16-26(18-27(17-20)32(4,5)6)28-15-14-25-19-29(34-31(25)33-28)23-10-12-24(13-11-23)30-21(2)8-7-9-22(30)3;1-18(2)22-13-23(19(3)4)15-25(14-22)28-17-21-9-10-27(31-29(21)32-28)24-11-20(5)12-26(16-24)30(6,7)8;1-18-14-21(16-23(15-18)28(5,6)7)24-13-10-20-17-25(30-26(20)29-24)19-8-11-22(12-9-19)27(2,3)4;3*1-4(6)3-5(2)7;;;/h7-15,17-19H,1-6H3;9-10,12-19H,1-8H3;8-13,15-17H,1-7H3;3*3,6H,1-2H3;;;/q3*-1;;;;;;. The second-order valence-electron chi connectivity index (χ2n) is 35.3. The molecule has 637 valence electrons. The van der Waals surface area contributed by atoms with E-state index >= 15 is 0 Å². The van der Waals surface area contributed by atoms with Crippen molar-refractivity contribution >= 4 is 50.6 Å². The van der Waals surface area contributed by atoms with Crippen LogP contribution in [-0.4, -0.2) is 47.6 Å². The summed E-state index contributed by atoms with van der Waals surface area (Å²) in [6.45, 7) is 54.8. The molecule has 0 saturated carbocycles. The molecule has 13 aromatic rings. The molecule has 6 aromatic heterocycles. The summed E-state index contributed by atoms with van der Waals surface area (Å²) in [5.74, 6) is 3.30. The van der Waals surface area contributed by atoms with E-state index < -0.39 is 0 Å². The van der Waals surface area contributed by atoms with E-state index in [2.05, 4.69) is 340 Å². The summed E-state index contributed by atoms with van der Waals surface area (Å²) in [5, 5.41) is 28.1. The Morgan fingerprint density at radius 1 is 0.342 bits per heavy atom. The minimum Gasteiger partial charge on any atom is -0.512 e. The van der Waals surface area contributed by atoms with Crippen molar-refractivity contribution in [1.82, 2.24) is 15.0 Å². The number of carbonyl (C=O) groups is 3. The van der Waals surface area contributed by atoms with Gasteiger partial charge < -0.3 is 28.6 Å². The molecule has 0 bridgehead atoms. The first-order valence-electron chi connectivity index (χ1n) is 40.0. The molecule has 0 amide bonds. The van der Waals surface area contributed by atoms with Crippen LogP contribution in [0.3, 0.4) is 0 Å². The molecule has 13 rings (SSSR count). The van der Waals surface area contributed by atoms with Crippen molar-refractivity contribution in [3.63, 3.8) is 0 Å². The number of fused-ring (bicyclic) bond motifs is 3. The van der Waals surface area contributed by atoms with Gasteiger partial charge in [0.05, 0.1) is 17.3 Å². The van der Waals surface area contributed by atoms with Crippen LogP contribution in [0.15, 0.2) is 225 Å². The zero-order chi connectivity index (χ0) is 86.5. The number of allylic oxidation sites excluding steroid dienone is 6. The molecule has 0 unspecified atom stereocenters. The number of nitrogens with zero attached hydrogens (tertiary/aromatic N) is 3. The minimum absolute atomic E-state index is 0. The number of aromatic nitrogens is 3. The number of ketones is 3. The van der Waals surface area contributed by atoms with E-state index in [1.54, 1.807) is 0 Å². The largest absolute Gasteiger partial charge is 0.512 e. The van der Waals surface area contributed by atoms with Crippen molar-refractivity contribution in [2.45, 2.75) is 220 Å². The zero-order valence-corrected chi connectivity index (χ0v) is 81.9. The number of rotatable bonds is 12. The molecule has 0 saturated heterocycles. The van der Waals surface area contributed by atoms with Crippen molar-refractivity contribution in [1.29, 1.82) is 0 Å². The molecule has 12 nitrogen and oxygen atoms in total. The Morgan fingerprint density at radius 2 is 0.617 bits per heavy atom. The van der Waals surface area contributed by atoms with E-state index in [-0.39, 0.29) is 117 Å². The van der Waals surface area contributed by atoms with Crippen LogP contribution in [0.4, 0.5) is 0 Å². The van der Waals surface area contributed by atoms with Crippen LogP contribution in [0.1, 0.15) is 225 Å². The van der Waals surface area contributed by atoms with Gasteiger partial charge in [-0.3, -0.25) is 29.3 Å². The van der Waals surface area contributed by atoms with Gasteiger partial charge in [-0.15, -0.1) is 105 Å². The summed E-state index contributed by atoms with van der Waals surface area (Å²) in [4.78, 5) is 44.6. The number of hydrogen-bond acceptors (Lipinski definition) is 12. The maximum Gasteiger partial charge on any atom is 0.217 e. The fraction of sp³-hybridized carbons (Fsp3) is 0.314. The van der Waals surface area contributed by atoms with Crippen molar-refractivity contribution in [3.05, 3.63) is 291 Å². The van der Waals surface area contributed by atoms with Crippen LogP contribution in [-0.2, 0) is 96.4 Å². The van der Waals surface area contributed by atoms with Gasteiger partial charge in [0.15, 0.2) is 17.3 Å². The quantitative estimate of drug-likeness (QED) is 0.0597. The van der Waals surface area contributed by atoms with E-state index in [4.69, 9.17) is 43.5 Å². The zero-order valence-electron chi connectivity index (χ0n) is 74.8. The first kappa shape index (κ1) is 101. The molecule has 0 aliphatic rings. The van der Waals surface area contributed by atoms with Gasteiger partial charge in [-0.25, -0.2) is 0 Å². The van der Waals surface area contributed by atoms with Gasteiger partial charge in [-0.2, -0.15) is 0 Å². The number of aryl methyl sites for hydroxylation is 5. The Balaban J connectivity index is 0.000000282. The third-order valence-electron chi connectivity index (χ3n) is 19.4. The first-order valence-corrected chi connectivity index (χ1v) is 40.0. The number of carbonyl (C=O) groups excluding carboxylic acids is 3. The molecule has 3 N–H and O–H groups in total. The van der Waals surface area contributed by atoms with Crippen LogP contribution in [0, 0.1) is 52.8 Å². The van der Waals surface area contributed by atoms with E-state index in [0.29, 0.717) is 29.0 Å². The van der Waals surface area contributed by atoms with Gasteiger partial charge in [-0.1, -0.05) is 241 Å². The number of aliphatic hydroxyl groups excluding tert-OH is 3. The van der Waals surface area contributed by atoms with Gasteiger partial charge in [-0.05, 0) is 175 Å². The molecule has 0 fully saturated rings. The Kier molecular flexibility index (Phi) is 36.2. The predicted molar refractivity (Wildman–Crippen MR) is 484 cm³/mol. The molecule has 6 heterocycles. The molecule has 120 heavy (non-hydrogen) atoms. The number of aliphatic hydroxyl groups is 3. The molecule has 0 aliphatic heterocycles. The monoisotopic (exact) mass is 2140 g/mol. The van der Waals surface area contributed by atoms with Gasteiger partial charge in [0.1, 0.15) is 17.3 Å². The summed E-state index contributed by atoms with van der Waals surface area (Å²) in [7, 11) is 0. The summed E-state index contributed by atoms with van der Waals surface area (Å²) < 4.78 is 18.6. The number of hydrogen-bond donors (Lipinski definition) is 3. The normalized spacial score (nSPS) is 11.8. The topological polar surface area (TPSA) is 190 Å². The van der Waals surface area contributed by atoms with E-state index in [9.17, 15) is 14.4 Å². The molecule has 0 atom stereocenters. The second kappa shape index (κ2) is 43.1. The maximum absolute atomic E-state index is 10.0. The van der Waals surface area contributed by atoms with Crippen LogP contribution >= 0.6 is 0 Å². The third-order valence-corrected chi connectivity index (χ3v) is 19.4. The molecule has 0 aliphatic carbocycles. The fourth-order valence-corrected chi connectivity index (χ4v) is 13.1. The Labute approximate surface area is 753 Å². The first-order chi connectivity index (χ1) is 54.6. The van der Waals surface area contributed by atoms with Crippen molar-refractivity contribution in [3.8, 4) is 78.9 Å². The summed E-state index contributed by atoms with van der Waals surface area (Å²) in [5.41, 5.74) is 27.6. The Hall–Kier alpha value is -9.81. The second-order valence-corrected chi connectivity index (χ2v) is 35.3. The smallest absolute Gasteiger partial charge is 0.217 e. The van der Waals surface area contributed by atoms with Crippen molar-refractivity contribution in [2.24, 2.45) is 0 Å². The Morgan fingerprint density at radius 3 is 0.875 bits per heavy atom. The predicted octanol–water partition coefficient (Wildman–Crippen LogP) is 28.6. The van der Waals surface area contributed by atoms with Crippen molar-refractivity contribution < 1.29 is 103 Å². The summed E-state index contributed by atoms with van der Waals surface area (Å²) in [6, 6.07) is 72.8. The van der Waals surface area contributed by atoms with E-state index in [1.807, 2.05) is 0 Å². The average molecular weight is 2140 g/mol. The Bertz CT molecular complexity index is 5670. The van der Waals surface area contributed by atoms with E-state index in [1.165, 1.54) is 115 Å². The van der Waals surface area contributed by atoms with Crippen molar-refractivity contribution in [2.75, 3.05) is 0 Å². The molecule has 3 radical (unpaired) electrons. The molecule has 7 aromatic carbocycles. The molecule has 0 spiro atoms. The van der Waals surface area contributed by atoms with Gasteiger partial charge in [0.2, 0.25) is 17.1 Å². The summed E-state index contributed by atoms with van der Waals surface area (Å²) in [6.07, 6.45) is 3.50. The van der Waals surface area contributed by atoms with Crippen LogP contribution in [0.5, 0.6) is 0 Å². The molecular formula is C105H118Ir3N3O9-3. The van der Waals surface area contributed by atoms with Crippen LogP contribution < -0.4 is 0 Å². The van der Waals surface area contributed by atoms with Gasteiger partial charge in [0.25, 0.3) is 0 Å². The summed E-state index contributed by atoms with van der Waals surface area (Å²) >= 11 is 0. The number of pyridine rings is 3. The fourth-order valence-electron chi connectivity index (χ4n) is 13.1. The van der Waals surface area contributed by atoms with E-state index in [0.717, 1.165) is 101 Å². The number of benzene rings is 7.